The maximum Gasteiger partial charge on any atom is 0.410 e. The second-order valence-corrected chi connectivity index (χ2v) is 6.68. The van der Waals surface area contributed by atoms with E-state index in [-0.39, 0.29) is 25.9 Å². The third-order valence-corrected chi connectivity index (χ3v) is 3.67. The van der Waals surface area contributed by atoms with E-state index in [2.05, 4.69) is 0 Å². The van der Waals surface area contributed by atoms with Crippen LogP contribution in [-0.4, -0.2) is 46.4 Å². The molecule has 1 aromatic rings. The maximum atomic E-state index is 12.1. The molecule has 1 heterocycles. The lowest BCUT2D eigenvalue weighted by Gasteiger charge is -2.39. The Morgan fingerprint density at radius 1 is 1.13 bits per heavy atom. The van der Waals surface area contributed by atoms with Gasteiger partial charge in [-0.05, 0) is 32.9 Å². The minimum atomic E-state index is -1.31. The summed E-state index contributed by atoms with van der Waals surface area (Å²) in [6, 6.07) is 8.88. The minimum absolute atomic E-state index is 0.219. The van der Waals surface area contributed by atoms with Crippen molar-refractivity contribution in [2.24, 2.45) is 0 Å². The summed E-state index contributed by atoms with van der Waals surface area (Å²) in [6.07, 6.45) is 0.0173. The highest BCUT2D eigenvalue weighted by atomic mass is 16.6. The van der Waals surface area contributed by atoms with Crippen LogP contribution >= 0.6 is 0 Å². The summed E-state index contributed by atoms with van der Waals surface area (Å²) < 4.78 is 11.1. The van der Waals surface area contributed by atoms with Crippen molar-refractivity contribution < 1.29 is 24.2 Å². The van der Waals surface area contributed by atoms with Gasteiger partial charge in [-0.3, -0.25) is 0 Å². The molecule has 1 aliphatic rings. The number of ether oxygens (including phenoxy) is 2. The molecule has 1 aliphatic heterocycles. The van der Waals surface area contributed by atoms with Gasteiger partial charge in [0.1, 0.15) is 11.4 Å². The topological polar surface area (TPSA) is 76.1 Å². The Bertz CT molecular complexity index is 556. The molecule has 0 bridgehead atoms. The lowest BCUT2D eigenvalue weighted by atomic mass is 9.91. The van der Waals surface area contributed by atoms with E-state index in [9.17, 15) is 14.7 Å². The van der Waals surface area contributed by atoms with Crippen LogP contribution < -0.4 is 4.74 Å². The van der Waals surface area contributed by atoms with Crippen LogP contribution in [0.25, 0.3) is 0 Å². The van der Waals surface area contributed by atoms with Crippen LogP contribution in [0, 0.1) is 0 Å². The number of amides is 1. The first-order valence-electron chi connectivity index (χ1n) is 7.67. The summed E-state index contributed by atoms with van der Waals surface area (Å²) in [5.41, 5.74) is -1.88. The van der Waals surface area contributed by atoms with Crippen molar-refractivity contribution in [2.75, 3.05) is 13.1 Å². The Kier molecular flexibility index (Phi) is 4.82. The second-order valence-electron chi connectivity index (χ2n) is 6.68. The quantitative estimate of drug-likeness (QED) is 0.926. The Hall–Kier alpha value is -2.24. The molecule has 126 valence electrons. The van der Waals surface area contributed by atoms with Crippen LogP contribution in [0.5, 0.6) is 5.75 Å². The highest BCUT2D eigenvalue weighted by Gasteiger charge is 2.45. The summed E-state index contributed by atoms with van der Waals surface area (Å²) >= 11 is 0. The van der Waals surface area contributed by atoms with E-state index in [0.717, 1.165) is 0 Å². The number of hydrogen-bond donors (Lipinski definition) is 1. The molecule has 2 rings (SSSR count). The zero-order valence-electron chi connectivity index (χ0n) is 13.7. The van der Waals surface area contributed by atoms with Crippen LogP contribution in [0.1, 0.15) is 33.6 Å². The molecule has 0 atom stereocenters. The molecule has 0 unspecified atom stereocenters. The average Bonchev–Trinajstić information content (AvgIpc) is 2.47. The number of nitrogens with zero attached hydrogens (tertiary/aromatic N) is 1. The van der Waals surface area contributed by atoms with Crippen LogP contribution in [0.2, 0.25) is 0 Å². The molecule has 6 heteroatoms. The normalized spacial score (nSPS) is 17.4. The smallest absolute Gasteiger partial charge is 0.410 e. The monoisotopic (exact) mass is 321 g/mol. The Morgan fingerprint density at radius 3 is 2.17 bits per heavy atom. The van der Waals surface area contributed by atoms with Gasteiger partial charge >= 0.3 is 12.1 Å². The first kappa shape index (κ1) is 17.1. The highest BCUT2D eigenvalue weighted by molar-refractivity contribution is 5.79. The summed E-state index contributed by atoms with van der Waals surface area (Å²) in [5.74, 6) is -0.495. The number of carboxylic acids is 1. The molecular weight excluding hydrogens is 298 g/mol. The maximum absolute atomic E-state index is 12.1. The predicted octanol–water partition coefficient (Wildman–Crippen LogP) is 2.92. The van der Waals surface area contributed by atoms with Crippen molar-refractivity contribution >= 4 is 12.1 Å². The Labute approximate surface area is 136 Å². The van der Waals surface area contributed by atoms with E-state index < -0.39 is 23.3 Å². The fourth-order valence-electron chi connectivity index (χ4n) is 2.45. The van der Waals surface area contributed by atoms with Gasteiger partial charge in [0.25, 0.3) is 0 Å². The highest BCUT2D eigenvalue weighted by Crippen LogP contribution is 2.30. The standard InChI is InChI=1S/C17H23NO5/c1-16(2,3)23-15(21)18-11-9-17(10-12-18,14(19)20)22-13-7-5-4-6-8-13/h4-8H,9-12H2,1-3H3,(H,19,20). The van der Waals surface area contributed by atoms with Gasteiger partial charge in [-0.15, -0.1) is 0 Å². The van der Waals surface area contributed by atoms with E-state index in [0.29, 0.717) is 5.75 Å². The average molecular weight is 321 g/mol. The van der Waals surface area contributed by atoms with Crippen LogP contribution in [0.4, 0.5) is 4.79 Å². The molecule has 23 heavy (non-hydrogen) atoms. The molecule has 1 saturated heterocycles. The predicted molar refractivity (Wildman–Crippen MR) is 84.5 cm³/mol. The van der Waals surface area contributed by atoms with Gasteiger partial charge in [0.05, 0.1) is 0 Å². The van der Waals surface area contributed by atoms with E-state index in [1.807, 2.05) is 6.07 Å². The zero-order valence-corrected chi connectivity index (χ0v) is 13.7. The molecule has 0 saturated carbocycles. The first-order valence-corrected chi connectivity index (χ1v) is 7.67. The Balaban J connectivity index is 2.03. The van der Waals surface area contributed by atoms with Gasteiger partial charge in [0.15, 0.2) is 0 Å². The first-order chi connectivity index (χ1) is 10.7. The number of piperidine rings is 1. The largest absolute Gasteiger partial charge is 0.478 e. The van der Waals surface area contributed by atoms with Gasteiger partial charge in [0, 0.05) is 25.9 Å². The number of aliphatic carboxylic acids is 1. The number of para-hydroxylation sites is 1. The number of hydrogen-bond acceptors (Lipinski definition) is 4. The summed E-state index contributed by atoms with van der Waals surface area (Å²) in [5, 5.41) is 9.60. The van der Waals surface area contributed by atoms with E-state index in [1.54, 1.807) is 45.0 Å². The van der Waals surface area contributed by atoms with E-state index >= 15 is 0 Å². The third-order valence-electron chi connectivity index (χ3n) is 3.67. The molecule has 1 aromatic carbocycles. The second kappa shape index (κ2) is 6.48. The lowest BCUT2D eigenvalue weighted by Crippen LogP contribution is -2.54. The lowest BCUT2D eigenvalue weighted by molar-refractivity contribution is -0.159. The van der Waals surface area contributed by atoms with Crippen molar-refractivity contribution in [1.82, 2.24) is 4.90 Å². The molecule has 0 radical (unpaired) electrons. The van der Waals surface area contributed by atoms with E-state index in [4.69, 9.17) is 9.47 Å². The molecule has 1 fully saturated rings. The molecule has 0 aliphatic carbocycles. The SMILES string of the molecule is CC(C)(C)OC(=O)N1CCC(Oc2ccccc2)(C(=O)O)CC1. The van der Waals surface area contributed by atoms with Crippen LogP contribution in [-0.2, 0) is 9.53 Å². The van der Waals surface area contributed by atoms with Crippen molar-refractivity contribution in [1.29, 1.82) is 0 Å². The number of benzene rings is 1. The third kappa shape index (κ3) is 4.37. The summed E-state index contributed by atoms with van der Waals surface area (Å²) in [7, 11) is 0. The van der Waals surface area contributed by atoms with Crippen molar-refractivity contribution in [3.8, 4) is 5.75 Å². The van der Waals surface area contributed by atoms with Crippen molar-refractivity contribution in [3.63, 3.8) is 0 Å². The van der Waals surface area contributed by atoms with Gasteiger partial charge in [-0.25, -0.2) is 9.59 Å². The molecule has 1 amide bonds. The minimum Gasteiger partial charge on any atom is -0.478 e. The van der Waals surface area contributed by atoms with Crippen molar-refractivity contribution in [2.45, 2.75) is 44.8 Å². The van der Waals surface area contributed by atoms with Gasteiger partial charge in [0.2, 0.25) is 5.60 Å². The zero-order chi connectivity index (χ0) is 17.1. The number of carboxylic acid groups (broad SMARTS) is 1. The fourth-order valence-corrected chi connectivity index (χ4v) is 2.45. The molecule has 0 spiro atoms. The van der Waals surface area contributed by atoms with Crippen molar-refractivity contribution in [3.05, 3.63) is 30.3 Å². The number of carbonyl (C=O) groups is 2. The summed E-state index contributed by atoms with van der Waals surface area (Å²) in [4.78, 5) is 25.3. The van der Waals surface area contributed by atoms with Crippen LogP contribution in [0.15, 0.2) is 30.3 Å². The van der Waals surface area contributed by atoms with Crippen LogP contribution in [0.3, 0.4) is 0 Å². The molecule has 0 aromatic heterocycles. The van der Waals surface area contributed by atoms with E-state index in [1.165, 1.54) is 4.90 Å². The molecule has 1 N–H and O–H groups in total. The van der Waals surface area contributed by atoms with Gasteiger partial charge in [-0.2, -0.15) is 0 Å². The number of rotatable bonds is 3. The Morgan fingerprint density at radius 2 is 1.70 bits per heavy atom. The number of carbonyl (C=O) groups excluding carboxylic acids is 1. The van der Waals surface area contributed by atoms with Gasteiger partial charge in [-0.1, -0.05) is 18.2 Å². The molecular formula is C17H23NO5. The summed E-state index contributed by atoms with van der Waals surface area (Å²) in [6.45, 7) is 5.97. The molecule has 6 nitrogen and oxygen atoms in total. The fraction of sp³-hybridized carbons (Fsp3) is 0.529. The van der Waals surface area contributed by atoms with Gasteiger partial charge < -0.3 is 19.5 Å². The number of likely N-dealkylation sites (tertiary alicyclic amines) is 1.